The molecule has 0 spiro atoms. The molecule has 0 aliphatic heterocycles. The van der Waals surface area contributed by atoms with Crippen LogP contribution in [0, 0.1) is 0 Å². The van der Waals surface area contributed by atoms with Crippen LogP contribution < -0.4 is 14.8 Å². The summed E-state index contributed by atoms with van der Waals surface area (Å²) in [5.41, 5.74) is 0.744. The van der Waals surface area contributed by atoms with Crippen LogP contribution in [-0.4, -0.2) is 29.7 Å². The molecule has 0 aliphatic rings. The Morgan fingerprint density at radius 3 is 2.21 bits per heavy atom. The number of nitrogens with zero attached hydrogens (tertiary/aromatic N) is 2. The van der Waals surface area contributed by atoms with Crippen LogP contribution in [0.3, 0.4) is 0 Å². The molecule has 0 fully saturated rings. The van der Waals surface area contributed by atoms with Gasteiger partial charge in [0.1, 0.15) is 12.1 Å². The van der Waals surface area contributed by atoms with Crippen LogP contribution in [0.5, 0.6) is 11.5 Å². The van der Waals surface area contributed by atoms with Crippen LogP contribution in [0.4, 0.5) is 5.82 Å². The quantitative estimate of drug-likeness (QED) is 0.920. The summed E-state index contributed by atoms with van der Waals surface area (Å²) in [5, 5.41) is 4.28. The first kappa shape index (κ1) is 13.4. The standard InChI is InChI=1S/C14H19N3O2/c1-14(2,3)17-13-9-6-11(18-4)12(19-5)7-10(9)15-8-16-13/h6-8H,1-5H3,(H,15,16,17). The van der Waals surface area contributed by atoms with Crippen LogP contribution in [0.15, 0.2) is 18.5 Å². The predicted molar refractivity (Wildman–Crippen MR) is 76.0 cm³/mol. The van der Waals surface area contributed by atoms with E-state index in [4.69, 9.17) is 9.47 Å². The molecule has 102 valence electrons. The Balaban J connectivity index is 2.60. The van der Waals surface area contributed by atoms with Crippen molar-refractivity contribution >= 4 is 16.7 Å². The SMILES string of the molecule is COc1cc2ncnc(NC(C)(C)C)c2cc1OC. The summed E-state index contributed by atoms with van der Waals surface area (Å²) in [6, 6.07) is 3.74. The number of benzene rings is 1. The summed E-state index contributed by atoms with van der Waals surface area (Å²) in [4.78, 5) is 8.57. The molecule has 1 aromatic carbocycles. The van der Waals surface area contributed by atoms with E-state index in [1.807, 2.05) is 12.1 Å². The van der Waals surface area contributed by atoms with Crippen LogP contribution in [0.2, 0.25) is 0 Å². The highest BCUT2D eigenvalue weighted by Gasteiger charge is 2.15. The molecule has 5 nitrogen and oxygen atoms in total. The molecule has 0 aliphatic carbocycles. The molecular formula is C14H19N3O2. The van der Waals surface area contributed by atoms with Crippen molar-refractivity contribution in [2.24, 2.45) is 0 Å². The second kappa shape index (κ2) is 4.91. The number of rotatable bonds is 3. The van der Waals surface area contributed by atoms with Gasteiger partial charge in [0.25, 0.3) is 0 Å². The fourth-order valence-electron chi connectivity index (χ4n) is 1.84. The normalized spacial score (nSPS) is 11.4. The highest BCUT2D eigenvalue weighted by molar-refractivity contribution is 5.91. The lowest BCUT2D eigenvalue weighted by Gasteiger charge is -2.22. The average Bonchev–Trinajstić information content (AvgIpc) is 2.35. The number of fused-ring (bicyclic) bond motifs is 1. The molecule has 0 saturated heterocycles. The molecule has 0 radical (unpaired) electrons. The van der Waals surface area contributed by atoms with E-state index in [9.17, 15) is 0 Å². The maximum atomic E-state index is 5.32. The van der Waals surface area contributed by atoms with E-state index in [2.05, 4.69) is 36.1 Å². The number of methoxy groups -OCH3 is 2. The lowest BCUT2D eigenvalue weighted by atomic mass is 10.1. The molecule has 2 aromatic rings. The molecule has 2 rings (SSSR count). The lowest BCUT2D eigenvalue weighted by Crippen LogP contribution is -2.26. The summed E-state index contributed by atoms with van der Waals surface area (Å²) in [6.07, 6.45) is 1.54. The Bertz CT molecular complexity index is 591. The minimum absolute atomic E-state index is 0.0750. The van der Waals surface area contributed by atoms with Gasteiger partial charge in [-0.2, -0.15) is 0 Å². The van der Waals surface area contributed by atoms with Crippen LogP contribution >= 0.6 is 0 Å². The molecule has 0 unspecified atom stereocenters. The summed E-state index contributed by atoms with van der Waals surface area (Å²) in [7, 11) is 3.23. The Labute approximate surface area is 113 Å². The van der Waals surface area contributed by atoms with Crippen molar-refractivity contribution in [2.75, 3.05) is 19.5 Å². The van der Waals surface area contributed by atoms with Crippen molar-refractivity contribution in [3.63, 3.8) is 0 Å². The van der Waals surface area contributed by atoms with E-state index < -0.39 is 0 Å². The molecule has 1 aromatic heterocycles. The molecule has 0 atom stereocenters. The maximum Gasteiger partial charge on any atom is 0.162 e. The van der Waals surface area contributed by atoms with Crippen LogP contribution in [-0.2, 0) is 0 Å². The van der Waals surface area contributed by atoms with E-state index in [0.717, 1.165) is 16.7 Å². The van der Waals surface area contributed by atoms with Gasteiger partial charge in [0.15, 0.2) is 11.5 Å². The van der Waals surface area contributed by atoms with Gasteiger partial charge < -0.3 is 14.8 Å². The van der Waals surface area contributed by atoms with Gasteiger partial charge in [0.2, 0.25) is 0 Å². The highest BCUT2D eigenvalue weighted by Crippen LogP contribution is 2.34. The molecule has 1 heterocycles. The molecule has 1 N–H and O–H groups in total. The summed E-state index contributed by atoms with van der Waals surface area (Å²) in [6.45, 7) is 6.26. The van der Waals surface area contributed by atoms with Gasteiger partial charge in [0, 0.05) is 17.0 Å². The zero-order chi connectivity index (χ0) is 14.0. The topological polar surface area (TPSA) is 56.3 Å². The largest absolute Gasteiger partial charge is 0.493 e. The van der Waals surface area contributed by atoms with E-state index in [-0.39, 0.29) is 5.54 Å². The number of hydrogen-bond donors (Lipinski definition) is 1. The molecule has 19 heavy (non-hydrogen) atoms. The van der Waals surface area contributed by atoms with E-state index in [1.54, 1.807) is 20.5 Å². The fourth-order valence-corrected chi connectivity index (χ4v) is 1.84. The number of ether oxygens (including phenoxy) is 2. The molecule has 5 heteroatoms. The first-order valence-corrected chi connectivity index (χ1v) is 6.09. The van der Waals surface area contributed by atoms with Crippen molar-refractivity contribution in [1.29, 1.82) is 0 Å². The minimum atomic E-state index is -0.0750. The number of hydrogen-bond acceptors (Lipinski definition) is 5. The Morgan fingerprint density at radius 1 is 1.00 bits per heavy atom. The van der Waals surface area contributed by atoms with Crippen molar-refractivity contribution in [1.82, 2.24) is 9.97 Å². The highest BCUT2D eigenvalue weighted by atomic mass is 16.5. The average molecular weight is 261 g/mol. The van der Waals surface area contributed by atoms with Gasteiger partial charge in [-0.05, 0) is 26.8 Å². The zero-order valence-corrected chi connectivity index (χ0v) is 11.9. The summed E-state index contributed by atoms with van der Waals surface area (Å²) in [5.74, 6) is 2.12. The van der Waals surface area contributed by atoms with Gasteiger partial charge >= 0.3 is 0 Å². The van der Waals surface area contributed by atoms with Crippen molar-refractivity contribution < 1.29 is 9.47 Å². The Kier molecular flexibility index (Phi) is 3.46. The minimum Gasteiger partial charge on any atom is -0.493 e. The van der Waals surface area contributed by atoms with Gasteiger partial charge in [0.05, 0.1) is 19.7 Å². The second-order valence-corrected chi connectivity index (χ2v) is 5.32. The van der Waals surface area contributed by atoms with Gasteiger partial charge in [-0.25, -0.2) is 9.97 Å². The van der Waals surface area contributed by atoms with Crippen LogP contribution in [0.1, 0.15) is 20.8 Å². The lowest BCUT2D eigenvalue weighted by molar-refractivity contribution is 0.356. The zero-order valence-electron chi connectivity index (χ0n) is 11.9. The Hall–Kier alpha value is -2.04. The third-order valence-electron chi connectivity index (χ3n) is 2.63. The van der Waals surface area contributed by atoms with E-state index in [0.29, 0.717) is 11.5 Å². The molecule has 0 amide bonds. The van der Waals surface area contributed by atoms with Gasteiger partial charge in [-0.1, -0.05) is 0 Å². The van der Waals surface area contributed by atoms with Crippen molar-refractivity contribution in [3.8, 4) is 11.5 Å². The predicted octanol–water partition coefficient (Wildman–Crippen LogP) is 2.86. The molecule has 0 saturated carbocycles. The number of anilines is 1. The van der Waals surface area contributed by atoms with E-state index >= 15 is 0 Å². The number of nitrogens with one attached hydrogen (secondary N) is 1. The maximum absolute atomic E-state index is 5.32. The van der Waals surface area contributed by atoms with Crippen molar-refractivity contribution in [3.05, 3.63) is 18.5 Å². The first-order valence-electron chi connectivity index (χ1n) is 6.09. The first-order chi connectivity index (χ1) is 8.94. The molecule has 0 bridgehead atoms. The fraction of sp³-hybridized carbons (Fsp3) is 0.429. The third kappa shape index (κ3) is 2.86. The Morgan fingerprint density at radius 2 is 1.63 bits per heavy atom. The van der Waals surface area contributed by atoms with Crippen molar-refractivity contribution in [2.45, 2.75) is 26.3 Å². The van der Waals surface area contributed by atoms with Crippen LogP contribution in [0.25, 0.3) is 10.9 Å². The monoisotopic (exact) mass is 261 g/mol. The smallest absolute Gasteiger partial charge is 0.162 e. The van der Waals surface area contributed by atoms with Gasteiger partial charge in [-0.3, -0.25) is 0 Å². The van der Waals surface area contributed by atoms with Gasteiger partial charge in [-0.15, -0.1) is 0 Å². The van der Waals surface area contributed by atoms with E-state index in [1.165, 1.54) is 0 Å². The molecular weight excluding hydrogens is 242 g/mol. The number of aromatic nitrogens is 2. The summed E-state index contributed by atoms with van der Waals surface area (Å²) >= 11 is 0. The third-order valence-corrected chi connectivity index (χ3v) is 2.63. The summed E-state index contributed by atoms with van der Waals surface area (Å²) < 4.78 is 10.6. The second-order valence-electron chi connectivity index (χ2n) is 5.32.